The van der Waals surface area contributed by atoms with Gasteiger partial charge in [-0.15, -0.1) is 0 Å². The number of hydrogen-bond acceptors (Lipinski definition) is 4. The molecule has 34 heavy (non-hydrogen) atoms. The van der Waals surface area contributed by atoms with Gasteiger partial charge < -0.3 is 19.9 Å². The van der Waals surface area contributed by atoms with Crippen LogP contribution >= 0.6 is 0 Å². The molecule has 0 radical (unpaired) electrons. The summed E-state index contributed by atoms with van der Waals surface area (Å²) in [5.41, 5.74) is 0.493. The van der Waals surface area contributed by atoms with Crippen LogP contribution in [0.5, 0.6) is 0 Å². The largest absolute Gasteiger partial charge is 0.444 e. The van der Waals surface area contributed by atoms with E-state index in [4.69, 9.17) is 4.74 Å². The van der Waals surface area contributed by atoms with Gasteiger partial charge in [0, 0.05) is 32.6 Å². The molecule has 0 unspecified atom stereocenters. The van der Waals surface area contributed by atoms with Crippen LogP contribution in [0.1, 0.15) is 52.0 Å². The second-order valence-corrected chi connectivity index (χ2v) is 10.4. The van der Waals surface area contributed by atoms with Gasteiger partial charge in [-0.25, -0.2) is 4.79 Å². The van der Waals surface area contributed by atoms with Gasteiger partial charge in [-0.3, -0.25) is 9.59 Å². The molecule has 4 rings (SSSR count). The molecule has 0 aromatic heterocycles. The molecule has 3 amide bonds. The third-order valence-corrected chi connectivity index (χ3v) is 6.54. The SMILES string of the molecule is CC(C)(C)OC(=O)NC[C@H]1CCCN(C(=O)[C@@H]2CCC(=O)N2Cc2ccc3ccccc3c2)C1. The molecule has 182 valence electrons. The van der Waals surface area contributed by atoms with Crippen molar-refractivity contribution in [2.75, 3.05) is 19.6 Å². The number of nitrogens with one attached hydrogen (secondary N) is 1. The maximum Gasteiger partial charge on any atom is 0.407 e. The number of alkyl carbamates (subject to hydrolysis) is 1. The molecule has 2 aliphatic rings. The first kappa shape index (κ1) is 24.0. The quantitative estimate of drug-likeness (QED) is 0.721. The molecule has 7 heteroatoms. The molecule has 1 N–H and O–H groups in total. The molecule has 2 aliphatic heterocycles. The Morgan fingerprint density at radius 2 is 1.85 bits per heavy atom. The first-order valence-corrected chi connectivity index (χ1v) is 12.2. The fourth-order valence-electron chi connectivity index (χ4n) is 4.91. The smallest absolute Gasteiger partial charge is 0.407 e. The molecule has 0 aliphatic carbocycles. The van der Waals surface area contributed by atoms with E-state index in [1.54, 1.807) is 4.90 Å². The van der Waals surface area contributed by atoms with Crippen LogP contribution in [0.15, 0.2) is 42.5 Å². The van der Waals surface area contributed by atoms with Gasteiger partial charge in [0.15, 0.2) is 0 Å². The van der Waals surface area contributed by atoms with Gasteiger partial charge >= 0.3 is 6.09 Å². The zero-order valence-electron chi connectivity index (χ0n) is 20.4. The molecule has 0 saturated carbocycles. The van der Waals surface area contributed by atoms with Gasteiger partial charge in [0.1, 0.15) is 11.6 Å². The lowest BCUT2D eigenvalue weighted by atomic mass is 9.97. The van der Waals surface area contributed by atoms with E-state index in [9.17, 15) is 14.4 Å². The van der Waals surface area contributed by atoms with Crippen LogP contribution in [0, 0.1) is 5.92 Å². The van der Waals surface area contributed by atoms with Crippen LogP contribution in [0.3, 0.4) is 0 Å². The van der Waals surface area contributed by atoms with Crippen molar-refractivity contribution in [1.29, 1.82) is 0 Å². The van der Waals surface area contributed by atoms with Crippen LogP contribution in [0.4, 0.5) is 4.79 Å². The highest BCUT2D eigenvalue weighted by atomic mass is 16.6. The standard InChI is InChI=1S/C27H35N3O4/c1-27(2,3)34-26(33)28-16-20-7-6-14-29(17-20)25(32)23-12-13-24(31)30(23)18-19-10-11-21-8-4-5-9-22(21)15-19/h4-5,8-11,15,20,23H,6-7,12-14,16-18H2,1-3H3,(H,28,33)/t20-,23+/m1/s1. The molecule has 7 nitrogen and oxygen atoms in total. The second kappa shape index (κ2) is 10.0. The summed E-state index contributed by atoms with van der Waals surface area (Å²) in [6.45, 7) is 7.69. The average molecular weight is 466 g/mol. The number of nitrogens with zero attached hydrogens (tertiary/aromatic N) is 2. The summed E-state index contributed by atoms with van der Waals surface area (Å²) < 4.78 is 5.32. The minimum absolute atomic E-state index is 0.0219. The van der Waals surface area contributed by atoms with Crippen LogP contribution < -0.4 is 5.32 Å². The van der Waals surface area contributed by atoms with E-state index >= 15 is 0 Å². The molecule has 2 atom stereocenters. The average Bonchev–Trinajstić information content (AvgIpc) is 3.16. The first-order valence-electron chi connectivity index (χ1n) is 12.2. The highest BCUT2D eigenvalue weighted by molar-refractivity contribution is 5.91. The topological polar surface area (TPSA) is 79.0 Å². The first-order chi connectivity index (χ1) is 16.2. The number of amides is 3. The van der Waals surface area contributed by atoms with Gasteiger partial charge in [-0.05, 0) is 68.4 Å². The van der Waals surface area contributed by atoms with E-state index in [1.807, 2.05) is 43.9 Å². The monoisotopic (exact) mass is 465 g/mol. The minimum atomic E-state index is -0.540. The summed E-state index contributed by atoms with van der Waals surface area (Å²) in [5.74, 6) is 0.233. The van der Waals surface area contributed by atoms with Gasteiger partial charge in [0.25, 0.3) is 0 Å². The predicted octanol–water partition coefficient (Wildman–Crippen LogP) is 4.09. The molecule has 2 heterocycles. The van der Waals surface area contributed by atoms with Crippen molar-refractivity contribution in [2.24, 2.45) is 5.92 Å². The van der Waals surface area contributed by atoms with Gasteiger partial charge in [0.05, 0.1) is 0 Å². The summed E-state index contributed by atoms with van der Waals surface area (Å²) in [6, 6.07) is 13.9. The van der Waals surface area contributed by atoms with Crippen LogP contribution in [0.2, 0.25) is 0 Å². The molecule has 0 spiro atoms. The van der Waals surface area contributed by atoms with E-state index < -0.39 is 17.7 Å². The van der Waals surface area contributed by atoms with Crippen molar-refractivity contribution in [1.82, 2.24) is 15.1 Å². The zero-order chi connectivity index (χ0) is 24.3. The van der Waals surface area contributed by atoms with Crippen LogP contribution in [-0.4, -0.2) is 59.0 Å². The Labute approximate surface area is 201 Å². The molecular weight excluding hydrogens is 430 g/mol. The van der Waals surface area contributed by atoms with Crippen molar-refractivity contribution in [3.05, 3.63) is 48.0 Å². The summed E-state index contributed by atoms with van der Waals surface area (Å²) in [7, 11) is 0. The Bertz CT molecular complexity index is 1060. The maximum atomic E-state index is 13.5. The third-order valence-electron chi connectivity index (χ3n) is 6.54. The fourth-order valence-corrected chi connectivity index (χ4v) is 4.91. The van der Waals surface area contributed by atoms with E-state index in [2.05, 4.69) is 29.6 Å². The van der Waals surface area contributed by atoms with E-state index in [0.29, 0.717) is 39.0 Å². The van der Waals surface area contributed by atoms with Crippen molar-refractivity contribution in [3.8, 4) is 0 Å². The molecule has 2 aromatic carbocycles. The number of carbonyl (C=O) groups excluding carboxylic acids is 3. The van der Waals surface area contributed by atoms with E-state index in [1.165, 1.54) is 0 Å². The number of fused-ring (bicyclic) bond motifs is 1. The lowest BCUT2D eigenvalue weighted by Gasteiger charge is -2.36. The Kier molecular flexibility index (Phi) is 7.10. The number of hydrogen-bond donors (Lipinski definition) is 1. The van der Waals surface area contributed by atoms with Gasteiger partial charge in [-0.2, -0.15) is 0 Å². The molecule has 2 fully saturated rings. The van der Waals surface area contributed by atoms with Crippen molar-refractivity contribution in [3.63, 3.8) is 0 Å². The Morgan fingerprint density at radius 3 is 2.62 bits per heavy atom. The van der Waals surface area contributed by atoms with Crippen molar-refractivity contribution in [2.45, 2.75) is 64.6 Å². The number of likely N-dealkylation sites (tertiary alicyclic amines) is 2. The summed E-state index contributed by atoms with van der Waals surface area (Å²) in [5, 5.41) is 5.13. The molecule has 2 aromatic rings. The zero-order valence-corrected chi connectivity index (χ0v) is 20.4. The lowest BCUT2D eigenvalue weighted by Crippen LogP contribution is -2.51. The normalized spacial score (nSPS) is 21.1. The maximum absolute atomic E-state index is 13.5. The Morgan fingerprint density at radius 1 is 1.09 bits per heavy atom. The Hall–Kier alpha value is -3.09. The van der Waals surface area contributed by atoms with Crippen molar-refractivity contribution >= 4 is 28.7 Å². The number of ether oxygens (including phenoxy) is 1. The highest BCUT2D eigenvalue weighted by Crippen LogP contribution is 2.27. The second-order valence-electron chi connectivity index (χ2n) is 10.4. The third kappa shape index (κ3) is 5.88. The summed E-state index contributed by atoms with van der Waals surface area (Å²) in [6.07, 6.45) is 2.37. The minimum Gasteiger partial charge on any atom is -0.444 e. The number of benzene rings is 2. The fraction of sp³-hybridized carbons (Fsp3) is 0.519. The molecule has 0 bridgehead atoms. The van der Waals surface area contributed by atoms with Gasteiger partial charge in [-0.1, -0.05) is 36.4 Å². The summed E-state index contributed by atoms with van der Waals surface area (Å²) >= 11 is 0. The molecular formula is C27H35N3O4. The number of piperidine rings is 1. The predicted molar refractivity (Wildman–Crippen MR) is 131 cm³/mol. The number of carbonyl (C=O) groups is 3. The van der Waals surface area contributed by atoms with Crippen LogP contribution in [0.25, 0.3) is 10.8 Å². The summed E-state index contributed by atoms with van der Waals surface area (Å²) in [4.78, 5) is 41.8. The highest BCUT2D eigenvalue weighted by Gasteiger charge is 2.39. The van der Waals surface area contributed by atoms with E-state index in [0.717, 1.165) is 29.2 Å². The van der Waals surface area contributed by atoms with E-state index in [-0.39, 0.29) is 17.7 Å². The molecule has 2 saturated heterocycles. The van der Waals surface area contributed by atoms with Crippen LogP contribution in [-0.2, 0) is 20.9 Å². The Balaban J connectivity index is 1.37. The lowest BCUT2D eigenvalue weighted by molar-refractivity contribution is -0.143. The van der Waals surface area contributed by atoms with Gasteiger partial charge in [0.2, 0.25) is 11.8 Å². The van der Waals surface area contributed by atoms with Crippen molar-refractivity contribution < 1.29 is 19.1 Å². The number of rotatable bonds is 5.